The topological polar surface area (TPSA) is 67.3 Å². The van der Waals surface area contributed by atoms with Crippen LogP contribution in [0.4, 0.5) is 4.39 Å². The predicted octanol–water partition coefficient (Wildman–Crippen LogP) is 3.32. The van der Waals surface area contributed by atoms with E-state index < -0.39 is 29.9 Å². The fourth-order valence-electron chi connectivity index (χ4n) is 1.99. The number of nitrogens with zero attached hydrogens (tertiary/aromatic N) is 1. The molecule has 1 N–H and O–H groups in total. The average Bonchev–Trinajstić information content (AvgIpc) is 2.45. The molecular formula is C15H11ClFNO3. The highest BCUT2D eigenvalue weighted by Gasteiger charge is 2.27. The van der Waals surface area contributed by atoms with Crippen molar-refractivity contribution >= 4 is 23.4 Å². The number of carboxylic acids is 1. The Morgan fingerprint density at radius 3 is 2.48 bits per heavy atom. The molecule has 108 valence electrons. The first-order valence-electron chi connectivity index (χ1n) is 6.11. The normalized spacial score (nSPS) is 11.9. The van der Waals surface area contributed by atoms with Crippen LogP contribution in [0.25, 0.3) is 0 Å². The van der Waals surface area contributed by atoms with Gasteiger partial charge in [-0.2, -0.15) is 0 Å². The van der Waals surface area contributed by atoms with Crippen LogP contribution >= 0.6 is 11.6 Å². The second kappa shape index (κ2) is 6.45. The Morgan fingerprint density at radius 1 is 1.24 bits per heavy atom. The first-order valence-corrected chi connectivity index (χ1v) is 6.49. The van der Waals surface area contributed by atoms with Crippen LogP contribution in [0.1, 0.15) is 28.3 Å². The minimum absolute atomic E-state index is 0.0826. The minimum Gasteiger partial charge on any atom is -0.481 e. The molecule has 0 saturated heterocycles. The van der Waals surface area contributed by atoms with Gasteiger partial charge in [-0.15, -0.1) is 0 Å². The zero-order valence-electron chi connectivity index (χ0n) is 10.8. The van der Waals surface area contributed by atoms with Gasteiger partial charge in [0.05, 0.1) is 12.3 Å². The van der Waals surface area contributed by atoms with Crippen LogP contribution in [0.5, 0.6) is 0 Å². The quantitative estimate of drug-likeness (QED) is 0.679. The van der Waals surface area contributed by atoms with E-state index in [-0.39, 0.29) is 10.7 Å². The van der Waals surface area contributed by atoms with Crippen molar-refractivity contribution in [2.45, 2.75) is 12.3 Å². The maximum absolute atomic E-state index is 12.9. The third-order valence-corrected chi connectivity index (χ3v) is 3.30. The SMILES string of the molecule is O=C(O)CC(C(=O)c1ccc(F)cc1)c1cccnc1Cl. The summed E-state index contributed by atoms with van der Waals surface area (Å²) < 4.78 is 12.9. The van der Waals surface area contributed by atoms with Crippen LogP contribution in [-0.4, -0.2) is 21.8 Å². The van der Waals surface area contributed by atoms with Gasteiger partial charge < -0.3 is 5.11 Å². The molecule has 1 aromatic carbocycles. The van der Waals surface area contributed by atoms with Crippen LogP contribution in [0.2, 0.25) is 5.15 Å². The van der Waals surface area contributed by atoms with Gasteiger partial charge in [-0.1, -0.05) is 17.7 Å². The number of hydrogen-bond donors (Lipinski definition) is 1. The number of benzene rings is 1. The molecule has 0 aliphatic rings. The Bertz CT molecular complexity index is 673. The van der Waals surface area contributed by atoms with Crippen molar-refractivity contribution in [2.75, 3.05) is 0 Å². The number of hydrogen-bond acceptors (Lipinski definition) is 3. The van der Waals surface area contributed by atoms with Gasteiger partial charge in [0.2, 0.25) is 0 Å². The van der Waals surface area contributed by atoms with Crippen molar-refractivity contribution in [3.63, 3.8) is 0 Å². The zero-order chi connectivity index (χ0) is 15.4. The summed E-state index contributed by atoms with van der Waals surface area (Å²) in [5, 5.41) is 9.08. The van der Waals surface area contributed by atoms with Crippen molar-refractivity contribution < 1.29 is 19.1 Å². The Balaban J connectivity index is 2.41. The number of carbonyl (C=O) groups excluding carboxylic acids is 1. The highest BCUT2D eigenvalue weighted by molar-refractivity contribution is 6.30. The lowest BCUT2D eigenvalue weighted by atomic mass is 9.89. The summed E-state index contributed by atoms with van der Waals surface area (Å²) >= 11 is 5.94. The lowest BCUT2D eigenvalue weighted by Gasteiger charge is -2.15. The van der Waals surface area contributed by atoms with Crippen molar-refractivity contribution in [3.8, 4) is 0 Å². The number of ketones is 1. The molecule has 0 radical (unpaired) electrons. The van der Waals surface area contributed by atoms with Crippen molar-refractivity contribution in [2.24, 2.45) is 0 Å². The molecule has 0 amide bonds. The van der Waals surface area contributed by atoms with Crippen LogP contribution in [0.3, 0.4) is 0 Å². The maximum Gasteiger partial charge on any atom is 0.304 e. The molecule has 1 unspecified atom stereocenters. The number of halogens is 2. The third kappa shape index (κ3) is 3.64. The fourth-order valence-corrected chi connectivity index (χ4v) is 2.24. The van der Waals surface area contributed by atoms with E-state index in [1.165, 1.54) is 18.3 Å². The molecule has 0 saturated carbocycles. The first-order chi connectivity index (χ1) is 9.99. The van der Waals surface area contributed by atoms with Gasteiger partial charge in [0.15, 0.2) is 5.78 Å². The van der Waals surface area contributed by atoms with Gasteiger partial charge in [0.1, 0.15) is 11.0 Å². The fraction of sp³-hybridized carbons (Fsp3) is 0.133. The highest BCUT2D eigenvalue weighted by atomic mass is 35.5. The van der Waals surface area contributed by atoms with E-state index in [1.807, 2.05) is 0 Å². The summed E-state index contributed by atoms with van der Waals surface area (Å²) in [7, 11) is 0. The Labute approximate surface area is 125 Å². The number of rotatable bonds is 5. The molecule has 0 spiro atoms. The smallest absolute Gasteiger partial charge is 0.304 e. The molecule has 2 rings (SSSR count). The summed E-state index contributed by atoms with van der Waals surface area (Å²) in [4.78, 5) is 27.3. The number of carbonyl (C=O) groups is 2. The molecule has 0 aliphatic heterocycles. The monoisotopic (exact) mass is 307 g/mol. The summed E-state index contributed by atoms with van der Waals surface area (Å²) in [5.74, 6) is -3.00. The number of pyridine rings is 1. The van der Waals surface area contributed by atoms with E-state index in [1.54, 1.807) is 12.1 Å². The Hall–Kier alpha value is -2.27. The van der Waals surface area contributed by atoms with Gasteiger partial charge in [-0.3, -0.25) is 9.59 Å². The third-order valence-electron chi connectivity index (χ3n) is 2.99. The lowest BCUT2D eigenvalue weighted by Crippen LogP contribution is -2.17. The van der Waals surface area contributed by atoms with E-state index in [2.05, 4.69) is 4.98 Å². The standard InChI is InChI=1S/C15H11ClFNO3/c16-15-11(2-1-7-18-15)12(8-13(19)20)14(21)9-3-5-10(17)6-4-9/h1-7,12H,8H2,(H,19,20). The van der Waals surface area contributed by atoms with Crippen molar-refractivity contribution in [1.82, 2.24) is 4.98 Å². The molecule has 0 bridgehead atoms. The van der Waals surface area contributed by atoms with E-state index in [4.69, 9.17) is 16.7 Å². The molecule has 6 heteroatoms. The molecule has 4 nitrogen and oxygen atoms in total. The molecular weight excluding hydrogens is 297 g/mol. The molecule has 2 aromatic rings. The van der Waals surface area contributed by atoms with Crippen molar-refractivity contribution in [3.05, 3.63) is 64.7 Å². The number of aliphatic carboxylic acids is 1. The highest BCUT2D eigenvalue weighted by Crippen LogP contribution is 2.29. The van der Waals surface area contributed by atoms with Gasteiger partial charge in [-0.25, -0.2) is 9.37 Å². The number of Topliss-reactive ketones (excluding diaryl/α,β-unsaturated/α-hetero) is 1. The Morgan fingerprint density at radius 2 is 1.90 bits per heavy atom. The second-order valence-corrected chi connectivity index (χ2v) is 4.76. The predicted molar refractivity (Wildman–Crippen MR) is 75.0 cm³/mol. The minimum atomic E-state index is -1.13. The van der Waals surface area contributed by atoms with Gasteiger partial charge in [0.25, 0.3) is 0 Å². The van der Waals surface area contributed by atoms with E-state index in [9.17, 15) is 14.0 Å². The van der Waals surface area contributed by atoms with E-state index >= 15 is 0 Å². The summed E-state index contributed by atoms with van der Waals surface area (Å²) in [6.07, 6.45) is 1.04. The van der Waals surface area contributed by atoms with Crippen LogP contribution < -0.4 is 0 Å². The lowest BCUT2D eigenvalue weighted by molar-refractivity contribution is -0.137. The van der Waals surface area contributed by atoms with Gasteiger partial charge in [0, 0.05) is 17.3 Å². The molecule has 1 heterocycles. The second-order valence-electron chi connectivity index (χ2n) is 4.41. The van der Waals surface area contributed by atoms with E-state index in [0.29, 0.717) is 5.56 Å². The van der Waals surface area contributed by atoms with Crippen LogP contribution in [0, 0.1) is 5.82 Å². The summed E-state index contributed by atoms with van der Waals surface area (Å²) in [6.45, 7) is 0. The summed E-state index contributed by atoms with van der Waals surface area (Å²) in [5.41, 5.74) is 0.568. The maximum atomic E-state index is 12.9. The Kier molecular flexibility index (Phi) is 4.65. The molecule has 0 fully saturated rings. The number of carboxylic acid groups (broad SMARTS) is 1. The molecule has 21 heavy (non-hydrogen) atoms. The molecule has 1 atom stereocenters. The van der Waals surface area contributed by atoms with Gasteiger partial charge >= 0.3 is 5.97 Å². The van der Waals surface area contributed by atoms with Gasteiger partial charge in [-0.05, 0) is 30.3 Å². The van der Waals surface area contributed by atoms with Crippen LogP contribution in [0.15, 0.2) is 42.6 Å². The van der Waals surface area contributed by atoms with Crippen molar-refractivity contribution in [1.29, 1.82) is 0 Å². The average molecular weight is 308 g/mol. The van der Waals surface area contributed by atoms with Crippen LogP contribution in [-0.2, 0) is 4.79 Å². The largest absolute Gasteiger partial charge is 0.481 e. The first kappa shape index (κ1) is 15.1. The summed E-state index contributed by atoms with van der Waals surface area (Å²) in [6, 6.07) is 8.07. The number of aromatic nitrogens is 1. The molecule has 0 aliphatic carbocycles. The zero-order valence-corrected chi connectivity index (χ0v) is 11.5. The molecule has 1 aromatic heterocycles. The van der Waals surface area contributed by atoms with E-state index in [0.717, 1.165) is 12.1 Å².